The summed E-state index contributed by atoms with van der Waals surface area (Å²) in [6.45, 7) is 6.82. The largest absolute Gasteiger partial charge is 0.448 e. The third-order valence-corrected chi connectivity index (χ3v) is 7.17. The zero-order valence-electron chi connectivity index (χ0n) is 21.8. The maximum atomic E-state index is 13.8. The predicted molar refractivity (Wildman–Crippen MR) is 145 cm³/mol. The van der Waals surface area contributed by atoms with Gasteiger partial charge in [-0.15, -0.1) is 11.8 Å². The summed E-state index contributed by atoms with van der Waals surface area (Å²) in [6.07, 6.45) is 1.07. The molecule has 2 aliphatic rings. The van der Waals surface area contributed by atoms with Crippen molar-refractivity contribution in [2.75, 3.05) is 5.75 Å². The van der Waals surface area contributed by atoms with E-state index in [2.05, 4.69) is 5.32 Å². The molecule has 0 saturated carbocycles. The van der Waals surface area contributed by atoms with E-state index in [9.17, 15) is 19.5 Å². The Hall–Kier alpha value is -3.56. The summed E-state index contributed by atoms with van der Waals surface area (Å²) >= 11 is 1.41. The lowest BCUT2D eigenvalue weighted by atomic mass is 10.0. The number of aliphatic hydroxyl groups excluding tert-OH is 1. The zero-order chi connectivity index (χ0) is 27.4. The summed E-state index contributed by atoms with van der Waals surface area (Å²) in [5.74, 6) is -0.711. The summed E-state index contributed by atoms with van der Waals surface area (Å²) < 4.78 is 11.4. The van der Waals surface area contributed by atoms with Crippen molar-refractivity contribution >= 4 is 29.7 Å². The highest BCUT2D eigenvalue weighted by molar-refractivity contribution is 8.00. The average molecular weight is 537 g/mol. The smallest absolute Gasteiger partial charge is 0.408 e. The topological polar surface area (TPSA) is 105 Å². The Balaban J connectivity index is 1.64. The van der Waals surface area contributed by atoms with E-state index >= 15 is 0 Å². The quantitative estimate of drug-likeness (QED) is 0.401. The van der Waals surface area contributed by atoms with Gasteiger partial charge in [-0.1, -0.05) is 72.8 Å². The number of fused-ring (bicyclic) bond motifs is 1. The zero-order valence-corrected chi connectivity index (χ0v) is 22.6. The van der Waals surface area contributed by atoms with Crippen molar-refractivity contribution in [3.8, 4) is 0 Å². The van der Waals surface area contributed by atoms with Crippen molar-refractivity contribution in [2.24, 2.45) is 0 Å². The molecule has 38 heavy (non-hydrogen) atoms. The van der Waals surface area contributed by atoms with E-state index in [-0.39, 0.29) is 5.70 Å². The Morgan fingerprint density at radius 3 is 2.18 bits per heavy atom. The van der Waals surface area contributed by atoms with Gasteiger partial charge in [-0.3, -0.25) is 9.69 Å². The van der Waals surface area contributed by atoms with Gasteiger partial charge in [-0.2, -0.15) is 0 Å². The highest BCUT2D eigenvalue weighted by Gasteiger charge is 2.54. The number of alkyl carbamates (subject to hydrolysis) is 1. The van der Waals surface area contributed by atoms with Crippen LogP contribution in [0.15, 0.2) is 84.1 Å². The molecular formula is C29H32N2O6S. The molecular weight excluding hydrogens is 504 g/mol. The lowest BCUT2D eigenvalue weighted by molar-refractivity contribution is -0.153. The standard InChI is InChI=1S/C29H32N2O6S/c1-18(32)15-16-21-17-38-26-22(30-28(35)37-29(2,3)4)25(33)31(26)23(21)27(34)36-24(19-11-7-5-8-12-19)20-13-9-6-10-14-20/h5-16,18,22,24,26,32H,17H2,1-4H3,(H,30,35)/b16-15-/t18-,22+,26+/m0/s1. The van der Waals surface area contributed by atoms with Crippen LogP contribution in [0.3, 0.4) is 0 Å². The van der Waals surface area contributed by atoms with E-state index in [1.807, 2.05) is 60.7 Å². The minimum Gasteiger partial charge on any atom is -0.448 e. The molecule has 1 saturated heterocycles. The first kappa shape index (κ1) is 27.5. The van der Waals surface area contributed by atoms with Crippen LogP contribution in [-0.4, -0.2) is 56.8 Å². The molecule has 2 amide bonds. The number of rotatable bonds is 7. The summed E-state index contributed by atoms with van der Waals surface area (Å²) in [7, 11) is 0. The molecule has 0 aliphatic carbocycles. The molecule has 2 N–H and O–H groups in total. The third kappa shape index (κ3) is 6.28. The molecule has 2 heterocycles. The molecule has 0 unspecified atom stereocenters. The normalized spacial score (nSPS) is 20.2. The van der Waals surface area contributed by atoms with Crippen LogP contribution in [-0.2, 0) is 19.1 Å². The monoisotopic (exact) mass is 536 g/mol. The maximum Gasteiger partial charge on any atom is 0.408 e. The molecule has 9 heteroatoms. The van der Waals surface area contributed by atoms with Gasteiger partial charge >= 0.3 is 12.1 Å². The Morgan fingerprint density at radius 1 is 1.08 bits per heavy atom. The lowest BCUT2D eigenvalue weighted by Gasteiger charge is -2.49. The summed E-state index contributed by atoms with van der Waals surface area (Å²) in [4.78, 5) is 40.7. The van der Waals surface area contributed by atoms with E-state index in [0.717, 1.165) is 11.1 Å². The van der Waals surface area contributed by atoms with E-state index < -0.39 is 47.2 Å². The van der Waals surface area contributed by atoms with Gasteiger partial charge in [-0.25, -0.2) is 9.59 Å². The van der Waals surface area contributed by atoms with Gasteiger partial charge < -0.3 is 19.9 Å². The second kappa shape index (κ2) is 11.4. The minimum absolute atomic E-state index is 0.106. The fourth-order valence-electron chi connectivity index (χ4n) is 4.20. The number of hydrogen-bond acceptors (Lipinski definition) is 7. The van der Waals surface area contributed by atoms with Crippen LogP contribution in [0, 0.1) is 0 Å². The first-order valence-corrected chi connectivity index (χ1v) is 13.4. The molecule has 8 nitrogen and oxygen atoms in total. The van der Waals surface area contributed by atoms with Crippen LogP contribution in [0.25, 0.3) is 0 Å². The molecule has 2 aliphatic heterocycles. The van der Waals surface area contributed by atoms with Crippen molar-refractivity contribution in [1.29, 1.82) is 0 Å². The lowest BCUT2D eigenvalue weighted by Crippen LogP contribution is -2.70. The Morgan fingerprint density at radius 2 is 1.66 bits per heavy atom. The van der Waals surface area contributed by atoms with Gasteiger partial charge in [-0.05, 0) is 44.4 Å². The number of nitrogens with one attached hydrogen (secondary N) is 1. The Labute approximate surface area is 226 Å². The van der Waals surface area contributed by atoms with Gasteiger partial charge in [0.05, 0.1) is 6.10 Å². The number of esters is 1. The van der Waals surface area contributed by atoms with Crippen LogP contribution < -0.4 is 5.32 Å². The summed E-state index contributed by atoms with van der Waals surface area (Å²) in [6, 6.07) is 17.9. The van der Waals surface area contributed by atoms with E-state index in [4.69, 9.17) is 9.47 Å². The molecule has 0 radical (unpaired) electrons. The molecule has 4 rings (SSSR count). The first-order valence-electron chi connectivity index (χ1n) is 12.4. The number of amides is 2. The molecule has 200 valence electrons. The first-order chi connectivity index (χ1) is 18.0. The molecule has 3 atom stereocenters. The summed E-state index contributed by atoms with van der Waals surface area (Å²) in [5.41, 5.74) is 1.52. The SMILES string of the molecule is C[C@H](O)/C=C\C1=C(C(=O)OC(c2ccccc2)c2ccccc2)N2C(=O)[C@@H](NC(=O)OC(C)(C)C)[C@H]2SC1. The Bertz CT molecular complexity index is 1200. The van der Waals surface area contributed by atoms with E-state index in [0.29, 0.717) is 11.3 Å². The number of hydrogen-bond donors (Lipinski definition) is 2. The van der Waals surface area contributed by atoms with Gasteiger partial charge in [0.25, 0.3) is 5.91 Å². The Kier molecular flexibility index (Phi) is 8.28. The molecule has 0 spiro atoms. The number of allylic oxidation sites excluding steroid dienone is 1. The van der Waals surface area contributed by atoms with Crippen LogP contribution in [0.4, 0.5) is 4.79 Å². The number of carbonyl (C=O) groups excluding carboxylic acids is 3. The van der Waals surface area contributed by atoms with E-state index in [1.54, 1.807) is 39.8 Å². The maximum absolute atomic E-state index is 13.8. The average Bonchev–Trinajstić information content (AvgIpc) is 2.88. The number of aliphatic hydroxyl groups is 1. The van der Waals surface area contributed by atoms with Crippen LogP contribution in [0.2, 0.25) is 0 Å². The number of ether oxygens (including phenoxy) is 2. The molecule has 0 bridgehead atoms. The highest BCUT2D eigenvalue weighted by atomic mass is 32.2. The molecule has 2 aromatic carbocycles. The van der Waals surface area contributed by atoms with Crippen molar-refractivity contribution < 1.29 is 29.0 Å². The van der Waals surface area contributed by atoms with Crippen molar-refractivity contribution in [1.82, 2.24) is 10.2 Å². The summed E-state index contributed by atoms with van der Waals surface area (Å²) in [5, 5.41) is 11.9. The van der Waals surface area contributed by atoms with Crippen LogP contribution in [0.1, 0.15) is 44.9 Å². The molecule has 1 fully saturated rings. The second-order valence-corrected chi connectivity index (χ2v) is 11.2. The predicted octanol–water partition coefficient (Wildman–Crippen LogP) is 4.32. The highest BCUT2D eigenvalue weighted by Crippen LogP contribution is 2.42. The van der Waals surface area contributed by atoms with Crippen molar-refractivity contribution in [3.63, 3.8) is 0 Å². The number of thioether (sulfide) groups is 1. The van der Waals surface area contributed by atoms with Crippen molar-refractivity contribution in [3.05, 3.63) is 95.2 Å². The fourth-order valence-corrected chi connectivity index (χ4v) is 5.52. The van der Waals surface area contributed by atoms with E-state index in [1.165, 1.54) is 16.7 Å². The van der Waals surface area contributed by atoms with Gasteiger partial charge in [0, 0.05) is 5.75 Å². The van der Waals surface area contributed by atoms with Gasteiger partial charge in [0.2, 0.25) is 0 Å². The van der Waals surface area contributed by atoms with Gasteiger partial charge in [0.1, 0.15) is 22.7 Å². The molecule has 2 aromatic rings. The third-order valence-electron chi connectivity index (χ3n) is 5.87. The second-order valence-electron chi connectivity index (χ2n) is 10.1. The number of β-lactam (4-membered cyclic amide) rings is 1. The fraction of sp³-hybridized carbons (Fsp3) is 0.345. The van der Waals surface area contributed by atoms with Crippen LogP contribution >= 0.6 is 11.8 Å². The molecule has 0 aromatic heterocycles. The number of benzene rings is 2. The number of carbonyl (C=O) groups is 3. The number of nitrogens with zero attached hydrogens (tertiary/aromatic N) is 1. The van der Waals surface area contributed by atoms with Gasteiger partial charge in [0.15, 0.2) is 6.10 Å². The minimum atomic E-state index is -0.834. The van der Waals surface area contributed by atoms with Crippen LogP contribution in [0.5, 0.6) is 0 Å². The van der Waals surface area contributed by atoms with Crippen molar-refractivity contribution in [2.45, 2.75) is 56.9 Å².